The molecule has 0 spiro atoms. The van der Waals surface area contributed by atoms with Crippen molar-refractivity contribution >= 4 is 19.1 Å². The molecule has 25 heavy (non-hydrogen) atoms. The number of nitrogens with one attached hydrogen (secondary N) is 1. The van der Waals surface area contributed by atoms with Gasteiger partial charge in [0.25, 0.3) is 0 Å². The minimum Gasteiger partial charge on any atom is -0.444 e. The van der Waals surface area contributed by atoms with Crippen LogP contribution >= 0.6 is 0 Å². The molecule has 3 N–H and O–H groups in total. The molecular formula is C16H20BFN2O5. The molecule has 0 aromatic heterocycles. The maximum absolute atomic E-state index is 12.9. The molecule has 0 radical (unpaired) electrons. The molecule has 7 nitrogen and oxygen atoms in total. The number of alkyl carbamates (subject to hydrolysis) is 1. The third-order valence-electron chi connectivity index (χ3n) is 3.94. The van der Waals surface area contributed by atoms with Crippen LogP contribution in [0.2, 0.25) is 0 Å². The molecule has 1 aromatic rings. The Kier molecular flexibility index (Phi) is 6.54. The summed E-state index contributed by atoms with van der Waals surface area (Å²) in [4.78, 5) is 25.0. The van der Waals surface area contributed by atoms with Crippen molar-refractivity contribution in [3.63, 3.8) is 0 Å². The van der Waals surface area contributed by atoms with E-state index in [0.717, 1.165) is 0 Å². The van der Waals surface area contributed by atoms with Crippen molar-refractivity contribution < 1.29 is 28.8 Å². The van der Waals surface area contributed by atoms with Crippen LogP contribution in [0.3, 0.4) is 0 Å². The molecule has 1 aliphatic rings. The van der Waals surface area contributed by atoms with E-state index >= 15 is 0 Å². The monoisotopic (exact) mass is 350 g/mol. The van der Waals surface area contributed by atoms with E-state index in [2.05, 4.69) is 11.9 Å². The summed E-state index contributed by atoms with van der Waals surface area (Å²) in [6, 6.07) is 5.48. The Hall–Kier alpha value is -2.39. The zero-order chi connectivity index (χ0) is 18.4. The molecule has 0 saturated carbocycles. The first-order valence-electron chi connectivity index (χ1n) is 7.88. The second kappa shape index (κ2) is 8.64. The number of benzene rings is 1. The lowest BCUT2D eigenvalue weighted by Gasteiger charge is -2.20. The van der Waals surface area contributed by atoms with Crippen molar-refractivity contribution in [1.29, 1.82) is 0 Å². The molecule has 1 saturated heterocycles. The highest BCUT2D eigenvalue weighted by molar-refractivity contribution is 6.43. The minimum absolute atomic E-state index is 0.0960. The van der Waals surface area contributed by atoms with Crippen LogP contribution in [0, 0.1) is 5.82 Å². The van der Waals surface area contributed by atoms with E-state index in [1.54, 1.807) is 0 Å². The van der Waals surface area contributed by atoms with Crippen LogP contribution in [-0.4, -0.2) is 59.2 Å². The van der Waals surface area contributed by atoms with Gasteiger partial charge in [0.05, 0.1) is 12.5 Å². The molecule has 1 heterocycles. The fourth-order valence-corrected chi connectivity index (χ4v) is 2.60. The number of halogens is 1. The first-order chi connectivity index (χ1) is 11.9. The lowest BCUT2D eigenvalue weighted by atomic mass is 9.76. The average molecular weight is 350 g/mol. The third kappa shape index (κ3) is 5.58. The van der Waals surface area contributed by atoms with Gasteiger partial charge >= 0.3 is 13.2 Å². The van der Waals surface area contributed by atoms with Crippen LogP contribution in [0.4, 0.5) is 9.18 Å². The number of amides is 2. The lowest BCUT2D eigenvalue weighted by Crippen LogP contribution is -2.48. The van der Waals surface area contributed by atoms with Gasteiger partial charge in [0.15, 0.2) is 0 Å². The van der Waals surface area contributed by atoms with Crippen molar-refractivity contribution in [2.75, 3.05) is 13.1 Å². The van der Waals surface area contributed by atoms with Crippen LogP contribution < -0.4 is 5.32 Å². The smallest absolute Gasteiger partial charge is 0.444 e. The number of rotatable bonds is 6. The second-order valence-corrected chi connectivity index (χ2v) is 5.80. The first-order valence-corrected chi connectivity index (χ1v) is 7.88. The Morgan fingerprint density at radius 3 is 2.72 bits per heavy atom. The number of carbonyl (C=O) groups is 2. The summed E-state index contributed by atoms with van der Waals surface area (Å²) in [7, 11) is -1.81. The molecule has 1 fully saturated rings. The fraction of sp³-hybridized carbons (Fsp3) is 0.375. The van der Waals surface area contributed by atoms with Gasteiger partial charge in [-0.1, -0.05) is 18.7 Å². The largest absolute Gasteiger partial charge is 0.475 e. The molecule has 0 aliphatic carbocycles. The standard InChI is InChI=1S/C16H20BFN2O5/c1-2-15(21)20-8-7-13(10-20)25-16(22)19-14(17(23)24)9-11-3-5-12(18)6-4-11/h2-6,13-14,23-24H,1,7-10H2,(H,19,22)/t13?,14-/m0/s1. The predicted molar refractivity (Wildman–Crippen MR) is 88.9 cm³/mol. The number of ether oxygens (including phenoxy) is 1. The molecular weight excluding hydrogens is 330 g/mol. The Labute approximate surface area is 145 Å². The van der Waals surface area contributed by atoms with Gasteiger partial charge in [0, 0.05) is 13.0 Å². The summed E-state index contributed by atoms with van der Waals surface area (Å²) in [5.74, 6) is -1.64. The van der Waals surface area contributed by atoms with Crippen LogP contribution in [0.25, 0.3) is 0 Å². The van der Waals surface area contributed by atoms with Gasteiger partial charge in [-0.3, -0.25) is 4.79 Å². The van der Waals surface area contributed by atoms with Gasteiger partial charge in [-0.2, -0.15) is 0 Å². The maximum Gasteiger partial charge on any atom is 0.475 e. The number of hydrogen-bond acceptors (Lipinski definition) is 5. The molecule has 1 aliphatic heterocycles. The zero-order valence-electron chi connectivity index (χ0n) is 13.6. The van der Waals surface area contributed by atoms with Crippen molar-refractivity contribution in [3.8, 4) is 0 Å². The van der Waals surface area contributed by atoms with Crippen molar-refractivity contribution in [2.24, 2.45) is 0 Å². The van der Waals surface area contributed by atoms with E-state index < -0.39 is 31.1 Å². The number of carbonyl (C=O) groups excluding carboxylic acids is 2. The van der Waals surface area contributed by atoms with E-state index in [-0.39, 0.29) is 18.9 Å². The summed E-state index contributed by atoms with van der Waals surface area (Å²) in [5.41, 5.74) is 0.628. The third-order valence-corrected chi connectivity index (χ3v) is 3.94. The minimum atomic E-state index is -1.81. The van der Waals surface area contributed by atoms with Gasteiger partial charge in [-0.15, -0.1) is 0 Å². The van der Waals surface area contributed by atoms with E-state index in [0.29, 0.717) is 18.5 Å². The Morgan fingerprint density at radius 1 is 1.44 bits per heavy atom. The van der Waals surface area contributed by atoms with Gasteiger partial charge in [0.2, 0.25) is 5.91 Å². The lowest BCUT2D eigenvalue weighted by molar-refractivity contribution is -0.125. The van der Waals surface area contributed by atoms with Crippen LogP contribution in [0.1, 0.15) is 12.0 Å². The van der Waals surface area contributed by atoms with Gasteiger partial charge in [0.1, 0.15) is 11.9 Å². The number of likely N-dealkylation sites (tertiary alicyclic amines) is 1. The van der Waals surface area contributed by atoms with Crippen molar-refractivity contribution in [1.82, 2.24) is 10.2 Å². The highest BCUT2D eigenvalue weighted by Gasteiger charge is 2.30. The molecule has 9 heteroatoms. The summed E-state index contributed by atoms with van der Waals surface area (Å²) < 4.78 is 18.1. The van der Waals surface area contributed by atoms with Crippen molar-refractivity contribution in [3.05, 3.63) is 48.3 Å². The predicted octanol–water partition coefficient (Wildman–Crippen LogP) is 0.262. The number of hydrogen-bond donors (Lipinski definition) is 3. The zero-order valence-corrected chi connectivity index (χ0v) is 13.6. The normalized spacial score (nSPS) is 17.7. The molecule has 2 atom stereocenters. The van der Waals surface area contributed by atoms with E-state index in [1.165, 1.54) is 35.2 Å². The van der Waals surface area contributed by atoms with Gasteiger partial charge in [-0.05, 0) is 30.2 Å². The summed E-state index contributed by atoms with van der Waals surface area (Å²) in [5, 5.41) is 21.2. The average Bonchev–Trinajstić information content (AvgIpc) is 3.03. The first kappa shape index (κ1) is 18.9. The highest BCUT2D eigenvalue weighted by atomic mass is 19.1. The molecule has 1 unspecified atom stereocenters. The Bertz CT molecular complexity index is 625. The van der Waals surface area contributed by atoms with Gasteiger partial charge < -0.3 is 25.0 Å². The van der Waals surface area contributed by atoms with Crippen molar-refractivity contribution in [2.45, 2.75) is 24.9 Å². The van der Waals surface area contributed by atoms with Crippen LogP contribution in [0.15, 0.2) is 36.9 Å². The molecule has 134 valence electrons. The summed E-state index contributed by atoms with van der Waals surface area (Å²) in [6.45, 7) is 4.13. The number of nitrogens with zero attached hydrogens (tertiary/aromatic N) is 1. The summed E-state index contributed by atoms with van der Waals surface area (Å²) in [6.07, 6.45) is 0.517. The van der Waals surface area contributed by atoms with E-state index in [1.807, 2.05) is 0 Å². The topological polar surface area (TPSA) is 99.1 Å². The highest BCUT2D eigenvalue weighted by Crippen LogP contribution is 2.14. The molecule has 1 aromatic carbocycles. The molecule has 0 bridgehead atoms. The SMILES string of the molecule is C=CC(=O)N1CCC(OC(=O)N[C@@H](Cc2ccc(F)cc2)B(O)O)C1. The van der Waals surface area contributed by atoms with Crippen LogP contribution in [0.5, 0.6) is 0 Å². The quantitative estimate of drug-likeness (QED) is 0.505. The maximum atomic E-state index is 12.9. The van der Waals surface area contributed by atoms with E-state index in [4.69, 9.17) is 4.74 Å². The van der Waals surface area contributed by atoms with E-state index in [9.17, 15) is 24.0 Å². The van der Waals surface area contributed by atoms with Gasteiger partial charge in [-0.25, -0.2) is 9.18 Å². The Balaban J connectivity index is 1.87. The second-order valence-electron chi connectivity index (χ2n) is 5.80. The molecule has 2 rings (SSSR count). The Morgan fingerprint density at radius 2 is 2.12 bits per heavy atom. The molecule has 2 amide bonds. The summed E-state index contributed by atoms with van der Waals surface area (Å²) >= 11 is 0. The fourth-order valence-electron chi connectivity index (χ4n) is 2.60. The van der Waals surface area contributed by atoms with Crippen LogP contribution in [-0.2, 0) is 16.0 Å².